The van der Waals surface area contributed by atoms with Crippen LogP contribution in [-0.4, -0.2) is 5.11 Å². The number of phenolic OH excluding ortho intramolecular Hbond substituents is 1. The van der Waals surface area contributed by atoms with Crippen LogP contribution in [0, 0.1) is 0 Å². The van der Waals surface area contributed by atoms with Crippen LogP contribution in [-0.2, 0) is 12.8 Å². The van der Waals surface area contributed by atoms with Gasteiger partial charge in [-0.05, 0) is 49.4 Å². The molecule has 1 heteroatoms. The first kappa shape index (κ1) is 13.4. The molecule has 0 aromatic heterocycles. The number of aryl methyl sites for hydroxylation is 1. The predicted molar refractivity (Wildman–Crippen MR) is 80.3 cm³/mol. The van der Waals surface area contributed by atoms with Crippen molar-refractivity contribution in [3.8, 4) is 5.75 Å². The van der Waals surface area contributed by atoms with Crippen LogP contribution >= 0.6 is 0 Å². The molecule has 98 valence electrons. The summed E-state index contributed by atoms with van der Waals surface area (Å²) in [5.41, 5.74) is 4.04. The van der Waals surface area contributed by atoms with Gasteiger partial charge in [-0.3, -0.25) is 0 Å². The highest BCUT2D eigenvalue weighted by Crippen LogP contribution is 2.14. The van der Waals surface area contributed by atoms with Crippen molar-refractivity contribution in [2.24, 2.45) is 0 Å². The maximum atomic E-state index is 9.23. The molecule has 1 nitrogen and oxygen atoms in total. The lowest BCUT2D eigenvalue weighted by Crippen LogP contribution is -1.88. The highest BCUT2D eigenvalue weighted by molar-refractivity contribution is 5.26. The van der Waals surface area contributed by atoms with Gasteiger partial charge < -0.3 is 5.11 Å². The molecule has 2 aromatic rings. The summed E-state index contributed by atoms with van der Waals surface area (Å²) in [6.07, 6.45) is 5.40. The fourth-order valence-electron chi connectivity index (χ4n) is 2.01. The Balaban J connectivity index is 1.84. The molecule has 0 radical (unpaired) electrons. The van der Waals surface area contributed by atoms with Crippen molar-refractivity contribution >= 4 is 0 Å². The van der Waals surface area contributed by atoms with Crippen molar-refractivity contribution in [3.63, 3.8) is 0 Å². The Labute approximate surface area is 115 Å². The van der Waals surface area contributed by atoms with Gasteiger partial charge in [0.25, 0.3) is 0 Å². The van der Waals surface area contributed by atoms with Crippen LogP contribution in [0.2, 0.25) is 0 Å². The van der Waals surface area contributed by atoms with E-state index in [0.717, 1.165) is 19.3 Å². The van der Waals surface area contributed by atoms with Crippen LogP contribution in [0.3, 0.4) is 0 Å². The van der Waals surface area contributed by atoms with Crippen molar-refractivity contribution in [2.45, 2.75) is 26.2 Å². The van der Waals surface area contributed by atoms with Gasteiger partial charge in [0.15, 0.2) is 0 Å². The molecule has 0 fully saturated rings. The van der Waals surface area contributed by atoms with E-state index < -0.39 is 0 Å². The lowest BCUT2D eigenvalue weighted by molar-refractivity contribution is 0.475. The Bertz CT molecular complexity index is 523. The molecule has 0 amide bonds. The first-order valence-corrected chi connectivity index (χ1v) is 6.71. The highest BCUT2D eigenvalue weighted by Gasteiger charge is 1.96. The zero-order valence-electron chi connectivity index (χ0n) is 11.3. The number of hydrogen-bond donors (Lipinski definition) is 1. The summed E-state index contributed by atoms with van der Waals surface area (Å²) < 4.78 is 0. The standard InChI is InChI=1S/C18H20O/c1-15(7-9-16-5-3-2-4-6-16)8-10-17-11-13-18(19)14-12-17/h2-7,11-14,19H,8-10H2,1H3. The summed E-state index contributed by atoms with van der Waals surface area (Å²) in [6, 6.07) is 18.0. The van der Waals surface area contributed by atoms with E-state index >= 15 is 0 Å². The van der Waals surface area contributed by atoms with Crippen molar-refractivity contribution in [1.82, 2.24) is 0 Å². The Hall–Kier alpha value is -2.02. The monoisotopic (exact) mass is 252 g/mol. The van der Waals surface area contributed by atoms with E-state index in [1.165, 1.54) is 16.7 Å². The van der Waals surface area contributed by atoms with E-state index in [4.69, 9.17) is 0 Å². The van der Waals surface area contributed by atoms with Gasteiger partial charge >= 0.3 is 0 Å². The summed E-state index contributed by atoms with van der Waals surface area (Å²) in [7, 11) is 0. The number of benzene rings is 2. The number of aromatic hydroxyl groups is 1. The molecule has 0 aliphatic carbocycles. The number of hydrogen-bond acceptors (Lipinski definition) is 1. The van der Waals surface area contributed by atoms with Gasteiger partial charge in [-0.15, -0.1) is 0 Å². The van der Waals surface area contributed by atoms with Crippen LogP contribution in [0.1, 0.15) is 24.5 Å². The summed E-state index contributed by atoms with van der Waals surface area (Å²) >= 11 is 0. The van der Waals surface area contributed by atoms with Crippen molar-refractivity contribution in [1.29, 1.82) is 0 Å². The molecular weight excluding hydrogens is 232 g/mol. The van der Waals surface area contributed by atoms with Crippen molar-refractivity contribution in [2.75, 3.05) is 0 Å². The topological polar surface area (TPSA) is 20.2 Å². The average molecular weight is 252 g/mol. The summed E-state index contributed by atoms with van der Waals surface area (Å²) in [6.45, 7) is 2.18. The number of rotatable bonds is 5. The summed E-state index contributed by atoms with van der Waals surface area (Å²) in [5, 5.41) is 9.23. The Morgan fingerprint density at radius 2 is 1.63 bits per heavy atom. The third kappa shape index (κ3) is 4.63. The maximum Gasteiger partial charge on any atom is 0.115 e. The van der Waals surface area contributed by atoms with Gasteiger partial charge in [0.05, 0.1) is 0 Å². The van der Waals surface area contributed by atoms with Crippen LogP contribution in [0.25, 0.3) is 0 Å². The molecule has 0 unspecified atom stereocenters. The first-order chi connectivity index (χ1) is 9.24. The first-order valence-electron chi connectivity index (χ1n) is 6.71. The van der Waals surface area contributed by atoms with Crippen molar-refractivity contribution in [3.05, 3.63) is 77.4 Å². The molecule has 0 atom stereocenters. The average Bonchev–Trinajstić information content (AvgIpc) is 2.45. The molecular formula is C18H20O. The van der Waals surface area contributed by atoms with Gasteiger partial charge in [0.1, 0.15) is 5.75 Å². The van der Waals surface area contributed by atoms with E-state index in [-0.39, 0.29) is 0 Å². The zero-order valence-corrected chi connectivity index (χ0v) is 11.3. The Morgan fingerprint density at radius 3 is 2.32 bits per heavy atom. The predicted octanol–water partition coefficient (Wildman–Crippen LogP) is 4.51. The van der Waals surface area contributed by atoms with Gasteiger partial charge in [-0.1, -0.05) is 54.1 Å². The second-order valence-corrected chi connectivity index (χ2v) is 4.91. The van der Waals surface area contributed by atoms with E-state index in [2.05, 4.69) is 37.3 Å². The molecule has 2 rings (SSSR count). The summed E-state index contributed by atoms with van der Waals surface area (Å²) in [4.78, 5) is 0. The third-order valence-corrected chi connectivity index (χ3v) is 3.27. The van der Waals surface area contributed by atoms with Crippen LogP contribution in [0.4, 0.5) is 0 Å². The molecule has 0 spiro atoms. The Morgan fingerprint density at radius 1 is 0.947 bits per heavy atom. The molecule has 1 N–H and O–H groups in total. The molecule has 0 aliphatic rings. The fraction of sp³-hybridized carbons (Fsp3) is 0.222. The molecule has 0 bridgehead atoms. The van der Waals surface area contributed by atoms with Crippen LogP contribution in [0.15, 0.2) is 66.2 Å². The van der Waals surface area contributed by atoms with Crippen LogP contribution < -0.4 is 0 Å². The molecule has 19 heavy (non-hydrogen) atoms. The summed E-state index contributed by atoms with van der Waals surface area (Å²) in [5.74, 6) is 0.333. The smallest absolute Gasteiger partial charge is 0.115 e. The largest absolute Gasteiger partial charge is 0.508 e. The minimum Gasteiger partial charge on any atom is -0.508 e. The lowest BCUT2D eigenvalue weighted by Gasteiger charge is -2.03. The molecule has 2 aromatic carbocycles. The molecule has 0 saturated carbocycles. The van der Waals surface area contributed by atoms with E-state index in [9.17, 15) is 5.11 Å². The molecule has 0 aliphatic heterocycles. The van der Waals surface area contributed by atoms with Gasteiger partial charge in [-0.25, -0.2) is 0 Å². The highest BCUT2D eigenvalue weighted by atomic mass is 16.3. The van der Waals surface area contributed by atoms with Gasteiger partial charge in [-0.2, -0.15) is 0 Å². The SMILES string of the molecule is CC(=CCc1ccccc1)CCc1ccc(O)cc1. The quantitative estimate of drug-likeness (QED) is 0.776. The Kier molecular flexibility index (Phi) is 4.79. The van der Waals surface area contributed by atoms with E-state index in [1.807, 2.05) is 18.2 Å². The minimum absolute atomic E-state index is 0.333. The van der Waals surface area contributed by atoms with E-state index in [0.29, 0.717) is 5.75 Å². The van der Waals surface area contributed by atoms with E-state index in [1.54, 1.807) is 12.1 Å². The number of allylic oxidation sites excluding steroid dienone is 2. The second-order valence-electron chi connectivity index (χ2n) is 4.91. The fourth-order valence-corrected chi connectivity index (χ4v) is 2.01. The molecule has 0 heterocycles. The second kappa shape index (κ2) is 6.79. The van der Waals surface area contributed by atoms with Gasteiger partial charge in [0.2, 0.25) is 0 Å². The zero-order chi connectivity index (χ0) is 13.5. The van der Waals surface area contributed by atoms with Crippen molar-refractivity contribution < 1.29 is 5.11 Å². The number of phenols is 1. The molecule has 0 saturated heterocycles. The maximum absolute atomic E-state index is 9.23. The van der Waals surface area contributed by atoms with Gasteiger partial charge in [0, 0.05) is 0 Å². The lowest BCUT2D eigenvalue weighted by atomic mass is 10.0. The third-order valence-electron chi connectivity index (χ3n) is 3.27. The van der Waals surface area contributed by atoms with Crippen LogP contribution in [0.5, 0.6) is 5.75 Å². The normalized spacial score (nSPS) is 11.5. The minimum atomic E-state index is 0.333.